The molecular weight excluding hydrogens is 164 g/mol. The molecule has 1 aromatic carbocycles. The number of para-hydroxylation sites is 1. The molecule has 0 aliphatic heterocycles. The second kappa shape index (κ2) is 4.87. The van der Waals surface area contributed by atoms with Gasteiger partial charge in [0.1, 0.15) is 5.75 Å². The van der Waals surface area contributed by atoms with E-state index in [0.29, 0.717) is 0 Å². The molecule has 0 heterocycles. The minimum Gasteiger partial charge on any atom is -0.490 e. The van der Waals surface area contributed by atoms with Crippen molar-refractivity contribution in [3.05, 3.63) is 29.8 Å². The Labute approximate surface area is 79.2 Å². The summed E-state index contributed by atoms with van der Waals surface area (Å²) in [5, 5.41) is 9.02. The quantitative estimate of drug-likeness (QED) is 0.770. The van der Waals surface area contributed by atoms with E-state index >= 15 is 0 Å². The largest absolute Gasteiger partial charge is 0.490 e. The van der Waals surface area contributed by atoms with Crippen molar-refractivity contribution in [2.45, 2.75) is 33.0 Å². The summed E-state index contributed by atoms with van der Waals surface area (Å²) in [6, 6.07) is 7.57. The van der Waals surface area contributed by atoms with Gasteiger partial charge in [0.05, 0.1) is 12.7 Å². The third-order valence-electron chi connectivity index (χ3n) is 2.05. The Morgan fingerprint density at radius 2 is 2.08 bits per heavy atom. The molecule has 1 atom stereocenters. The molecule has 2 nitrogen and oxygen atoms in total. The molecule has 0 saturated heterocycles. The van der Waals surface area contributed by atoms with Crippen LogP contribution in [-0.4, -0.2) is 11.2 Å². The van der Waals surface area contributed by atoms with E-state index in [1.807, 2.05) is 31.2 Å². The first-order chi connectivity index (χ1) is 6.27. The summed E-state index contributed by atoms with van der Waals surface area (Å²) in [4.78, 5) is 0. The molecule has 2 heteroatoms. The van der Waals surface area contributed by atoms with E-state index < -0.39 is 0 Å². The summed E-state index contributed by atoms with van der Waals surface area (Å²) in [6.07, 6.45) is 1.17. The van der Waals surface area contributed by atoms with E-state index in [9.17, 15) is 0 Å². The van der Waals surface area contributed by atoms with Crippen molar-refractivity contribution >= 4 is 0 Å². The Morgan fingerprint density at radius 3 is 2.69 bits per heavy atom. The fourth-order valence-corrected chi connectivity index (χ4v) is 1.05. The predicted octanol–water partition coefficient (Wildman–Crippen LogP) is 2.36. The Hall–Kier alpha value is -1.02. The summed E-state index contributed by atoms with van der Waals surface area (Å²) >= 11 is 0. The van der Waals surface area contributed by atoms with Crippen LogP contribution in [0.3, 0.4) is 0 Å². The molecular formula is C11H16O2. The smallest absolute Gasteiger partial charge is 0.125 e. The van der Waals surface area contributed by atoms with Crippen molar-refractivity contribution in [2.24, 2.45) is 0 Å². The average molecular weight is 180 g/mol. The maximum Gasteiger partial charge on any atom is 0.125 e. The van der Waals surface area contributed by atoms with Crippen LogP contribution in [-0.2, 0) is 6.61 Å². The summed E-state index contributed by atoms with van der Waals surface area (Å²) < 4.78 is 5.63. The number of aliphatic hydroxyl groups excluding tert-OH is 1. The van der Waals surface area contributed by atoms with E-state index in [-0.39, 0.29) is 12.7 Å². The van der Waals surface area contributed by atoms with Gasteiger partial charge in [-0.3, -0.25) is 0 Å². The highest BCUT2D eigenvalue weighted by atomic mass is 16.5. The van der Waals surface area contributed by atoms with Crippen molar-refractivity contribution in [1.82, 2.24) is 0 Å². The standard InChI is InChI=1S/C11H16O2/c1-3-9(2)13-11-7-5-4-6-10(11)8-12/h4-7,9,12H,3,8H2,1-2H3. The Bertz CT molecular complexity index is 258. The van der Waals surface area contributed by atoms with E-state index in [2.05, 4.69) is 6.92 Å². The average Bonchev–Trinajstić information content (AvgIpc) is 2.18. The molecule has 13 heavy (non-hydrogen) atoms. The highest BCUT2D eigenvalue weighted by Gasteiger charge is 2.04. The summed E-state index contributed by atoms with van der Waals surface area (Å²) in [7, 11) is 0. The number of ether oxygens (including phenoxy) is 1. The number of hydrogen-bond acceptors (Lipinski definition) is 2. The number of benzene rings is 1. The van der Waals surface area contributed by atoms with Crippen molar-refractivity contribution in [2.75, 3.05) is 0 Å². The van der Waals surface area contributed by atoms with Crippen molar-refractivity contribution in [1.29, 1.82) is 0 Å². The molecule has 1 aromatic rings. The molecule has 0 fully saturated rings. The first-order valence-electron chi connectivity index (χ1n) is 4.63. The second-order valence-corrected chi connectivity index (χ2v) is 3.10. The molecule has 0 spiro atoms. The lowest BCUT2D eigenvalue weighted by atomic mass is 10.2. The third kappa shape index (κ3) is 2.74. The summed E-state index contributed by atoms with van der Waals surface area (Å²) in [5.74, 6) is 0.791. The van der Waals surface area contributed by atoms with Crippen molar-refractivity contribution in [3.63, 3.8) is 0 Å². The summed E-state index contributed by atoms with van der Waals surface area (Å²) in [6.45, 7) is 4.13. The third-order valence-corrected chi connectivity index (χ3v) is 2.05. The van der Waals surface area contributed by atoms with Crippen LogP contribution in [0.1, 0.15) is 25.8 Å². The maximum absolute atomic E-state index is 9.02. The molecule has 0 aliphatic rings. The number of aliphatic hydroxyl groups is 1. The SMILES string of the molecule is CCC(C)Oc1ccccc1CO. The van der Waals surface area contributed by atoms with Gasteiger partial charge in [0.25, 0.3) is 0 Å². The van der Waals surface area contributed by atoms with Crippen LogP contribution in [0.25, 0.3) is 0 Å². The van der Waals surface area contributed by atoms with Crippen molar-refractivity contribution in [3.8, 4) is 5.75 Å². The molecule has 0 aromatic heterocycles. The number of rotatable bonds is 4. The van der Waals surface area contributed by atoms with Crippen molar-refractivity contribution < 1.29 is 9.84 Å². The van der Waals surface area contributed by atoms with Gasteiger partial charge in [0.2, 0.25) is 0 Å². The maximum atomic E-state index is 9.02. The number of hydrogen-bond donors (Lipinski definition) is 1. The van der Waals surface area contributed by atoms with Crippen LogP contribution in [0.2, 0.25) is 0 Å². The van der Waals surface area contributed by atoms with Gasteiger partial charge in [-0.05, 0) is 19.4 Å². The van der Waals surface area contributed by atoms with Gasteiger partial charge in [0, 0.05) is 5.56 Å². The van der Waals surface area contributed by atoms with Gasteiger partial charge in [-0.1, -0.05) is 25.1 Å². The van der Waals surface area contributed by atoms with E-state index in [4.69, 9.17) is 9.84 Å². The first-order valence-corrected chi connectivity index (χ1v) is 4.63. The zero-order valence-electron chi connectivity index (χ0n) is 8.16. The second-order valence-electron chi connectivity index (χ2n) is 3.10. The first kappa shape index (κ1) is 10.1. The van der Waals surface area contributed by atoms with Crippen LogP contribution in [0, 0.1) is 0 Å². The fraction of sp³-hybridized carbons (Fsp3) is 0.455. The molecule has 1 rings (SSSR count). The van der Waals surface area contributed by atoms with Gasteiger partial charge in [-0.25, -0.2) is 0 Å². The lowest BCUT2D eigenvalue weighted by Gasteiger charge is -2.14. The topological polar surface area (TPSA) is 29.5 Å². The van der Waals surface area contributed by atoms with E-state index in [1.54, 1.807) is 0 Å². The Morgan fingerprint density at radius 1 is 1.38 bits per heavy atom. The highest BCUT2D eigenvalue weighted by molar-refractivity contribution is 5.32. The van der Waals surface area contributed by atoms with E-state index in [0.717, 1.165) is 17.7 Å². The van der Waals surface area contributed by atoms with Gasteiger partial charge in [0.15, 0.2) is 0 Å². The lowest BCUT2D eigenvalue weighted by Crippen LogP contribution is -2.10. The zero-order valence-corrected chi connectivity index (χ0v) is 8.16. The molecule has 0 aliphatic carbocycles. The minimum atomic E-state index is 0.0343. The highest BCUT2D eigenvalue weighted by Crippen LogP contribution is 2.19. The molecule has 0 bridgehead atoms. The Kier molecular flexibility index (Phi) is 3.77. The minimum absolute atomic E-state index is 0.0343. The normalized spacial score (nSPS) is 12.5. The molecule has 0 radical (unpaired) electrons. The van der Waals surface area contributed by atoms with E-state index in [1.165, 1.54) is 0 Å². The summed E-state index contributed by atoms with van der Waals surface area (Å²) in [5.41, 5.74) is 0.850. The molecule has 0 amide bonds. The van der Waals surface area contributed by atoms with Crippen LogP contribution in [0.5, 0.6) is 5.75 Å². The van der Waals surface area contributed by atoms with Gasteiger partial charge >= 0.3 is 0 Å². The van der Waals surface area contributed by atoms with Crippen LogP contribution >= 0.6 is 0 Å². The zero-order chi connectivity index (χ0) is 9.68. The van der Waals surface area contributed by atoms with Gasteiger partial charge in [-0.15, -0.1) is 0 Å². The molecule has 72 valence electrons. The molecule has 1 unspecified atom stereocenters. The molecule has 0 saturated carbocycles. The van der Waals surface area contributed by atoms with Crippen LogP contribution < -0.4 is 4.74 Å². The lowest BCUT2D eigenvalue weighted by molar-refractivity contribution is 0.206. The van der Waals surface area contributed by atoms with Gasteiger partial charge in [-0.2, -0.15) is 0 Å². The monoisotopic (exact) mass is 180 g/mol. The van der Waals surface area contributed by atoms with Crippen LogP contribution in [0.15, 0.2) is 24.3 Å². The predicted molar refractivity (Wildman–Crippen MR) is 52.7 cm³/mol. The molecule has 1 N–H and O–H groups in total. The Balaban J connectivity index is 2.74. The van der Waals surface area contributed by atoms with Gasteiger partial charge < -0.3 is 9.84 Å². The van der Waals surface area contributed by atoms with Crippen LogP contribution in [0.4, 0.5) is 0 Å². The fourth-order valence-electron chi connectivity index (χ4n) is 1.05.